The summed E-state index contributed by atoms with van der Waals surface area (Å²) in [5, 5.41) is 21.9. The lowest BCUT2D eigenvalue weighted by Gasteiger charge is -2.13. The summed E-state index contributed by atoms with van der Waals surface area (Å²) in [4.78, 5) is 11.2. The first-order chi connectivity index (χ1) is 13.0. The lowest BCUT2D eigenvalue weighted by molar-refractivity contribution is -0.136. The average Bonchev–Trinajstić information content (AvgIpc) is 3.42. The van der Waals surface area contributed by atoms with Gasteiger partial charge in [-0.2, -0.15) is 0 Å². The number of aromatic hydroxyl groups is 1. The summed E-state index contributed by atoms with van der Waals surface area (Å²) in [6, 6.07) is 9.49. The van der Waals surface area contributed by atoms with Crippen LogP contribution in [0.3, 0.4) is 0 Å². The maximum absolute atomic E-state index is 11.2. The largest absolute Gasteiger partial charge is 0.508 e. The Morgan fingerprint density at radius 1 is 1.19 bits per heavy atom. The van der Waals surface area contributed by atoms with E-state index in [0.717, 1.165) is 51.8 Å². The molecule has 0 atom stereocenters. The molecule has 27 heavy (non-hydrogen) atoms. The predicted octanol–water partition coefficient (Wildman–Crippen LogP) is 5.25. The molecule has 1 fully saturated rings. The van der Waals surface area contributed by atoms with Crippen LogP contribution in [0.25, 0.3) is 10.1 Å². The molecule has 1 aromatic heterocycles. The number of thiophene rings is 1. The lowest BCUT2D eigenvalue weighted by Crippen LogP contribution is -2.01. The van der Waals surface area contributed by atoms with E-state index in [2.05, 4.69) is 13.0 Å². The number of phenolic OH excluding ortho intramolecular Hbond substituents is 1. The zero-order chi connectivity index (χ0) is 19.0. The summed E-state index contributed by atoms with van der Waals surface area (Å²) in [7, 11) is 0. The van der Waals surface area contributed by atoms with E-state index in [9.17, 15) is 15.0 Å². The van der Waals surface area contributed by atoms with Gasteiger partial charge in [-0.25, -0.2) is 0 Å². The molecular formula is C22H22O4S. The molecule has 1 aliphatic carbocycles. The van der Waals surface area contributed by atoms with Crippen molar-refractivity contribution in [2.45, 2.75) is 45.1 Å². The minimum atomic E-state index is -0.795. The Bertz CT molecular complexity index is 1000. The minimum absolute atomic E-state index is 0.0628. The number of aliphatic carboxylic acids is 1. The number of fused-ring (bicyclic) bond motifs is 1. The number of rotatable bonds is 7. The number of hydrogen-bond donors (Lipinski definition) is 2. The predicted molar refractivity (Wildman–Crippen MR) is 107 cm³/mol. The SMILES string of the molecule is CCc1cc(O)ccc1COc1cc(C2CC2)c2c(CC(=O)O)csc2c1. The van der Waals surface area contributed by atoms with Gasteiger partial charge in [0.15, 0.2) is 0 Å². The summed E-state index contributed by atoms with van der Waals surface area (Å²) in [6.45, 7) is 2.51. The summed E-state index contributed by atoms with van der Waals surface area (Å²) < 4.78 is 7.19. The van der Waals surface area contributed by atoms with Crippen LogP contribution in [0, 0.1) is 0 Å². The van der Waals surface area contributed by atoms with E-state index in [1.54, 1.807) is 23.5 Å². The normalized spacial score (nSPS) is 13.8. The average molecular weight is 382 g/mol. The first kappa shape index (κ1) is 17.9. The third kappa shape index (κ3) is 3.78. The number of carboxylic acid groups (broad SMARTS) is 1. The molecule has 1 heterocycles. The molecule has 5 heteroatoms. The molecular weight excluding hydrogens is 360 g/mol. The summed E-state index contributed by atoms with van der Waals surface area (Å²) in [5.41, 5.74) is 4.28. The van der Waals surface area contributed by atoms with Crippen molar-refractivity contribution in [2.24, 2.45) is 0 Å². The summed E-state index contributed by atoms with van der Waals surface area (Å²) in [5.74, 6) is 0.815. The third-order valence-electron chi connectivity index (χ3n) is 5.08. The van der Waals surface area contributed by atoms with Crippen molar-refractivity contribution in [3.63, 3.8) is 0 Å². The third-order valence-corrected chi connectivity index (χ3v) is 6.06. The smallest absolute Gasteiger partial charge is 0.307 e. The van der Waals surface area contributed by atoms with Crippen molar-refractivity contribution in [1.82, 2.24) is 0 Å². The fourth-order valence-electron chi connectivity index (χ4n) is 3.58. The van der Waals surface area contributed by atoms with E-state index in [1.165, 1.54) is 5.56 Å². The number of aryl methyl sites for hydroxylation is 1. The van der Waals surface area contributed by atoms with Gasteiger partial charge in [0.05, 0.1) is 6.42 Å². The maximum Gasteiger partial charge on any atom is 0.307 e. The first-order valence-electron chi connectivity index (χ1n) is 9.24. The van der Waals surface area contributed by atoms with Gasteiger partial charge in [0, 0.05) is 4.70 Å². The van der Waals surface area contributed by atoms with Crippen LogP contribution in [0.2, 0.25) is 0 Å². The van der Waals surface area contributed by atoms with Crippen LogP contribution >= 0.6 is 11.3 Å². The standard InChI is InChI=1S/C22H22O4S/c1-2-13-7-17(23)6-5-15(13)11-26-18-9-19(14-3-4-14)22-16(8-21(24)25)12-27-20(22)10-18/h5-7,9-10,12,14,23H,2-4,8,11H2,1H3,(H,24,25). The number of phenols is 1. The molecule has 0 radical (unpaired) electrons. The van der Waals surface area contributed by atoms with Crippen molar-refractivity contribution in [2.75, 3.05) is 0 Å². The zero-order valence-electron chi connectivity index (χ0n) is 15.2. The highest BCUT2D eigenvalue weighted by molar-refractivity contribution is 7.17. The summed E-state index contributed by atoms with van der Waals surface area (Å²) in [6.07, 6.45) is 3.20. The van der Waals surface area contributed by atoms with Crippen LogP contribution in [0.15, 0.2) is 35.7 Å². The molecule has 140 valence electrons. The van der Waals surface area contributed by atoms with Gasteiger partial charge in [-0.3, -0.25) is 4.79 Å². The van der Waals surface area contributed by atoms with Crippen molar-refractivity contribution in [3.8, 4) is 11.5 Å². The Hall–Kier alpha value is -2.53. The molecule has 3 aromatic rings. The molecule has 0 spiro atoms. The Morgan fingerprint density at radius 3 is 2.70 bits per heavy atom. The van der Waals surface area contributed by atoms with Crippen LogP contribution < -0.4 is 4.74 Å². The Kier molecular flexibility index (Phi) is 4.79. The molecule has 0 unspecified atom stereocenters. The molecule has 2 N–H and O–H groups in total. The van der Waals surface area contributed by atoms with Crippen LogP contribution in [-0.4, -0.2) is 16.2 Å². The highest BCUT2D eigenvalue weighted by Crippen LogP contribution is 2.47. The molecule has 2 aromatic carbocycles. The number of ether oxygens (including phenoxy) is 1. The highest BCUT2D eigenvalue weighted by Gasteiger charge is 2.28. The van der Waals surface area contributed by atoms with E-state index in [1.807, 2.05) is 17.5 Å². The second-order valence-corrected chi connectivity index (χ2v) is 8.00. The van der Waals surface area contributed by atoms with Gasteiger partial charge in [0.2, 0.25) is 0 Å². The molecule has 4 rings (SSSR count). The molecule has 0 saturated heterocycles. The monoisotopic (exact) mass is 382 g/mol. The highest BCUT2D eigenvalue weighted by atomic mass is 32.1. The Morgan fingerprint density at radius 2 is 2.00 bits per heavy atom. The van der Waals surface area contributed by atoms with Crippen LogP contribution in [-0.2, 0) is 24.2 Å². The second kappa shape index (κ2) is 7.24. The number of carbonyl (C=O) groups is 1. The van der Waals surface area contributed by atoms with E-state index >= 15 is 0 Å². The molecule has 0 bridgehead atoms. The van der Waals surface area contributed by atoms with E-state index < -0.39 is 5.97 Å². The molecule has 0 aliphatic heterocycles. The molecule has 4 nitrogen and oxygen atoms in total. The van der Waals surface area contributed by atoms with Crippen LogP contribution in [0.5, 0.6) is 11.5 Å². The fraction of sp³-hybridized carbons (Fsp3) is 0.318. The molecule has 1 aliphatic rings. The van der Waals surface area contributed by atoms with Gasteiger partial charge in [0.25, 0.3) is 0 Å². The first-order valence-corrected chi connectivity index (χ1v) is 10.1. The maximum atomic E-state index is 11.2. The van der Waals surface area contributed by atoms with E-state index in [-0.39, 0.29) is 12.2 Å². The Balaban J connectivity index is 1.64. The lowest BCUT2D eigenvalue weighted by atomic mass is 10.0. The number of carboxylic acids is 1. The van der Waals surface area contributed by atoms with Crippen molar-refractivity contribution in [3.05, 3.63) is 58.0 Å². The summed E-state index contributed by atoms with van der Waals surface area (Å²) >= 11 is 1.58. The fourth-order valence-corrected chi connectivity index (χ4v) is 4.60. The topological polar surface area (TPSA) is 66.8 Å². The van der Waals surface area contributed by atoms with Crippen molar-refractivity contribution in [1.29, 1.82) is 0 Å². The minimum Gasteiger partial charge on any atom is -0.508 e. The van der Waals surface area contributed by atoms with E-state index in [4.69, 9.17) is 4.74 Å². The molecule has 0 amide bonds. The van der Waals surface area contributed by atoms with Gasteiger partial charge in [0.1, 0.15) is 18.1 Å². The zero-order valence-corrected chi connectivity index (χ0v) is 16.0. The van der Waals surface area contributed by atoms with E-state index in [0.29, 0.717) is 12.5 Å². The van der Waals surface area contributed by atoms with Crippen molar-refractivity contribution < 1.29 is 19.7 Å². The number of benzene rings is 2. The van der Waals surface area contributed by atoms with Gasteiger partial charge >= 0.3 is 5.97 Å². The Labute approximate surface area is 162 Å². The van der Waals surface area contributed by atoms with Crippen molar-refractivity contribution >= 4 is 27.4 Å². The van der Waals surface area contributed by atoms with Crippen LogP contribution in [0.4, 0.5) is 0 Å². The number of hydrogen-bond acceptors (Lipinski definition) is 4. The van der Waals surface area contributed by atoms with Gasteiger partial charge in [-0.05, 0) is 82.5 Å². The second-order valence-electron chi connectivity index (χ2n) is 7.09. The van der Waals surface area contributed by atoms with Gasteiger partial charge < -0.3 is 14.9 Å². The van der Waals surface area contributed by atoms with Crippen LogP contribution in [0.1, 0.15) is 47.9 Å². The molecule has 1 saturated carbocycles. The van der Waals surface area contributed by atoms with Gasteiger partial charge in [-0.1, -0.05) is 13.0 Å². The quantitative estimate of drug-likeness (QED) is 0.585. The van der Waals surface area contributed by atoms with Gasteiger partial charge in [-0.15, -0.1) is 11.3 Å².